The Balaban J connectivity index is 1.83. The standard InChI is InChI=1S/C25H23Cl2N3O5/c1-4-30-19(14-34-20-11-6-5-10-18(20)27)17(13-35-24(32)15-8-7-9-16(26)12-15)21-22(30)23(31)29(3)25(33)28(21)2/h5-12H,4,13-14H2,1-3H3. The molecule has 0 bridgehead atoms. The summed E-state index contributed by atoms with van der Waals surface area (Å²) in [6, 6.07) is 13.4. The molecule has 4 aromatic rings. The van der Waals surface area contributed by atoms with Crippen LogP contribution in [0.4, 0.5) is 0 Å². The molecule has 0 atom stereocenters. The summed E-state index contributed by atoms with van der Waals surface area (Å²) in [6.45, 7) is 2.16. The van der Waals surface area contributed by atoms with Crippen molar-refractivity contribution in [2.45, 2.75) is 26.7 Å². The molecule has 2 aromatic carbocycles. The van der Waals surface area contributed by atoms with Crippen molar-refractivity contribution in [3.05, 3.63) is 96.2 Å². The van der Waals surface area contributed by atoms with E-state index < -0.39 is 17.2 Å². The van der Waals surface area contributed by atoms with Crippen molar-refractivity contribution in [3.63, 3.8) is 0 Å². The minimum absolute atomic E-state index is 0.0354. The van der Waals surface area contributed by atoms with Gasteiger partial charge in [-0.1, -0.05) is 41.4 Å². The maximum atomic E-state index is 13.1. The predicted octanol–water partition coefficient (Wildman–Crippen LogP) is 4.30. The molecule has 0 aliphatic rings. The number of aryl methyl sites for hydroxylation is 2. The van der Waals surface area contributed by atoms with Crippen LogP contribution in [0.5, 0.6) is 5.75 Å². The average molecular weight is 516 g/mol. The number of carbonyl (C=O) groups is 1. The van der Waals surface area contributed by atoms with E-state index in [1.54, 1.807) is 54.1 Å². The number of nitrogens with zero attached hydrogens (tertiary/aromatic N) is 3. The zero-order chi connectivity index (χ0) is 25.3. The first-order valence-corrected chi connectivity index (χ1v) is 11.6. The van der Waals surface area contributed by atoms with Gasteiger partial charge in [-0.25, -0.2) is 9.59 Å². The molecule has 2 heterocycles. The normalized spacial score (nSPS) is 11.1. The van der Waals surface area contributed by atoms with Gasteiger partial charge in [-0.3, -0.25) is 13.9 Å². The van der Waals surface area contributed by atoms with Crippen LogP contribution < -0.4 is 16.0 Å². The van der Waals surface area contributed by atoms with Crippen LogP contribution in [0.15, 0.2) is 58.1 Å². The lowest BCUT2D eigenvalue weighted by atomic mass is 10.2. The Morgan fingerprint density at radius 1 is 0.943 bits per heavy atom. The number of hydrogen-bond acceptors (Lipinski definition) is 5. The monoisotopic (exact) mass is 515 g/mol. The molecule has 182 valence electrons. The van der Waals surface area contributed by atoms with E-state index in [4.69, 9.17) is 32.7 Å². The molecular formula is C25H23Cl2N3O5. The molecule has 4 rings (SSSR count). The van der Waals surface area contributed by atoms with Crippen molar-refractivity contribution >= 4 is 40.2 Å². The summed E-state index contributed by atoms with van der Waals surface area (Å²) in [5.74, 6) is -0.123. The molecule has 8 nitrogen and oxygen atoms in total. The smallest absolute Gasteiger partial charge is 0.338 e. The van der Waals surface area contributed by atoms with Gasteiger partial charge in [-0.15, -0.1) is 0 Å². The van der Waals surface area contributed by atoms with E-state index in [-0.39, 0.29) is 18.8 Å². The predicted molar refractivity (Wildman–Crippen MR) is 134 cm³/mol. The number of halogens is 2. The maximum Gasteiger partial charge on any atom is 0.338 e. The summed E-state index contributed by atoms with van der Waals surface area (Å²) < 4.78 is 15.8. The van der Waals surface area contributed by atoms with E-state index in [1.165, 1.54) is 17.7 Å². The number of fused-ring (bicyclic) bond motifs is 1. The Bertz CT molecular complexity index is 1550. The largest absolute Gasteiger partial charge is 0.486 e. The first-order chi connectivity index (χ1) is 16.7. The second kappa shape index (κ2) is 10.0. The maximum absolute atomic E-state index is 13.1. The van der Waals surface area contributed by atoms with Crippen LogP contribution in [0.2, 0.25) is 10.0 Å². The summed E-state index contributed by atoms with van der Waals surface area (Å²) in [6.07, 6.45) is 0. The number of ether oxygens (including phenoxy) is 2. The van der Waals surface area contributed by atoms with Gasteiger partial charge in [0.2, 0.25) is 0 Å². The second-order valence-electron chi connectivity index (χ2n) is 7.88. The van der Waals surface area contributed by atoms with Crippen molar-refractivity contribution in [2.24, 2.45) is 14.1 Å². The highest BCUT2D eigenvalue weighted by Gasteiger charge is 2.25. The molecule has 0 unspecified atom stereocenters. The topological polar surface area (TPSA) is 84.5 Å². The first-order valence-electron chi connectivity index (χ1n) is 10.8. The third kappa shape index (κ3) is 4.59. The fourth-order valence-electron chi connectivity index (χ4n) is 4.06. The van der Waals surface area contributed by atoms with Crippen LogP contribution >= 0.6 is 23.2 Å². The van der Waals surface area contributed by atoms with E-state index in [0.717, 1.165) is 4.57 Å². The van der Waals surface area contributed by atoms with Gasteiger partial charge in [-0.05, 0) is 37.3 Å². The first kappa shape index (κ1) is 24.6. The third-order valence-electron chi connectivity index (χ3n) is 5.80. The number of hydrogen-bond donors (Lipinski definition) is 0. The molecule has 0 aliphatic carbocycles. The highest BCUT2D eigenvalue weighted by Crippen LogP contribution is 2.28. The van der Waals surface area contributed by atoms with Gasteiger partial charge in [-0.2, -0.15) is 0 Å². The number of rotatable bonds is 7. The second-order valence-corrected chi connectivity index (χ2v) is 8.72. The van der Waals surface area contributed by atoms with Crippen LogP contribution in [-0.2, 0) is 38.6 Å². The van der Waals surface area contributed by atoms with Crippen molar-refractivity contribution < 1.29 is 14.3 Å². The fourth-order valence-corrected chi connectivity index (χ4v) is 4.44. The molecule has 10 heteroatoms. The minimum Gasteiger partial charge on any atom is -0.486 e. The Labute approximate surface area is 210 Å². The van der Waals surface area contributed by atoms with Crippen LogP contribution in [0.3, 0.4) is 0 Å². The molecule has 0 fully saturated rings. The van der Waals surface area contributed by atoms with Gasteiger partial charge in [0, 0.05) is 31.2 Å². The molecule has 0 N–H and O–H groups in total. The number of esters is 1. The Morgan fingerprint density at radius 2 is 1.69 bits per heavy atom. The fraction of sp³-hybridized carbons (Fsp3) is 0.240. The zero-order valence-electron chi connectivity index (χ0n) is 19.4. The van der Waals surface area contributed by atoms with Gasteiger partial charge in [0.15, 0.2) is 0 Å². The van der Waals surface area contributed by atoms with Crippen LogP contribution in [0.1, 0.15) is 28.5 Å². The zero-order valence-corrected chi connectivity index (χ0v) is 20.9. The van der Waals surface area contributed by atoms with Gasteiger partial charge in [0.1, 0.15) is 24.5 Å². The highest BCUT2D eigenvalue weighted by atomic mass is 35.5. The minimum atomic E-state index is -0.586. The molecule has 0 aliphatic heterocycles. The average Bonchev–Trinajstić information content (AvgIpc) is 3.17. The molecule has 0 saturated carbocycles. The Morgan fingerprint density at radius 3 is 2.37 bits per heavy atom. The van der Waals surface area contributed by atoms with Gasteiger partial charge < -0.3 is 14.0 Å². The van der Waals surface area contributed by atoms with Gasteiger partial charge in [0.05, 0.1) is 21.8 Å². The number of carbonyl (C=O) groups excluding carboxylic acids is 1. The molecular weight excluding hydrogens is 493 g/mol. The molecule has 2 aromatic heterocycles. The molecule has 0 amide bonds. The summed E-state index contributed by atoms with van der Waals surface area (Å²) in [5, 5.41) is 0.839. The van der Waals surface area contributed by atoms with Crippen molar-refractivity contribution in [2.75, 3.05) is 0 Å². The summed E-state index contributed by atoms with van der Waals surface area (Å²) >= 11 is 12.2. The number of aromatic nitrogens is 3. The lowest BCUT2D eigenvalue weighted by molar-refractivity contribution is 0.0471. The van der Waals surface area contributed by atoms with Crippen molar-refractivity contribution in [3.8, 4) is 5.75 Å². The van der Waals surface area contributed by atoms with Crippen molar-refractivity contribution in [1.82, 2.24) is 13.7 Å². The van der Waals surface area contributed by atoms with E-state index in [9.17, 15) is 14.4 Å². The number of para-hydroxylation sites is 1. The summed E-state index contributed by atoms with van der Waals surface area (Å²) in [5.41, 5.74) is 1.16. The van der Waals surface area contributed by atoms with Crippen molar-refractivity contribution in [1.29, 1.82) is 0 Å². The van der Waals surface area contributed by atoms with Crippen LogP contribution in [0, 0.1) is 0 Å². The van der Waals surface area contributed by atoms with E-state index in [0.29, 0.717) is 44.6 Å². The van der Waals surface area contributed by atoms with Crippen LogP contribution in [-0.4, -0.2) is 19.7 Å². The molecule has 0 radical (unpaired) electrons. The van der Waals surface area contributed by atoms with Gasteiger partial charge in [0.25, 0.3) is 5.56 Å². The quantitative estimate of drug-likeness (QED) is 0.342. The Kier molecular flexibility index (Phi) is 7.05. The van der Waals surface area contributed by atoms with E-state index in [1.807, 2.05) is 6.92 Å². The van der Waals surface area contributed by atoms with E-state index >= 15 is 0 Å². The summed E-state index contributed by atoms with van der Waals surface area (Å²) in [7, 11) is 3.00. The summed E-state index contributed by atoms with van der Waals surface area (Å²) in [4.78, 5) is 38.6. The molecule has 0 saturated heterocycles. The highest BCUT2D eigenvalue weighted by molar-refractivity contribution is 6.32. The Hall–Kier alpha value is -3.49. The van der Waals surface area contributed by atoms with Crippen LogP contribution in [0.25, 0.3) is 11.0 Å². The molecule has 35 heavy (non-hydrogen) atoms. The van der Waals surface area contributed by atoms with Gasteiger partial charge >= 0.3 is 11.7 Å². The number of benzene rings is 2. The lowest BCUT2D eigenvalue weighted by Gasteiger charge is -2.13. The van der Waals surface area contributed by atoms with E-state index in [2.05, 4.69) is 0 Å². The SMILES string of the molecule is CCn1c(COc2ccccc2Cl)c(COC(=O)c2cccc(Cl)c2)c2c1c(=O)n(C)c(=O)n2C. The lowest BCUT2D eigenvalue weighted by Crippen LogP contribution is -2.37. The molecule has 0 spiro atoms. The third-order valence-corrected chi connectivity index (χ3v) is 6.34.